The van der Waals surface area contributed by atoms with E-state index < -0.39 is 12.7 Å². The first-order valence-electron chi connectivity index (χ1n) is 26.1. The van der Waals surface area contributed by atoms with Gasteiger partial charge >= 0.3 is 6.18 Å². The highest BCUT2D eigenvalue weighted by molar-refractivity contribution is 9.10. The number of likely N-dealkylation sites (tertiary alicyclic amines) is 1. The van der Waals surface area contributed by atoms with Crippen molar-refractivity contribution in [2.45, 2.75) is 44.1 Å². The van der Waals surface area contributed by atoms with Crippen LogP contribution in [0.25, 0.3) is 21.7 Å². The van der Waals surface area contributed by atoms with Gasteiger partial charge in [-0.3, -0.25) is 19.3 Å². The molecular weight excluding hydrogens is 1110 g/mol. The van der Waals surface area contributed by atoms with Crippen molar-refractivity contribution in [2.75, 3.05) is 124 Å². The highest BCUT2D eigenvalue weighted by atomic mass is 79.9. The number of likely N-dealkylation sites (N-methyl/N-ethyl adjacent to an activating group) is 1. The van der Waals surface area contributed by atoms with Gasteiger partial charge in [0.05, 0.1) is 82.8 Å². The number of hydrogen-bond acceptors (Lipinski definition) is 12. The van der Waals surface area contributed by atoms with Crippen molar-refractivity contribution in [3.63, 3.8) is 0 Å². The normalized spacial score (nSPS) is 15.1. The standard InChI is InChI=1S/C31H39BrClN3O4.C27H29F3N4O2.CH2O2/c1-34-11-14-38-16-18-40-19-17-39-15-13-35-22-30(27-7-6-24-4-2-3-5-26(24)20-27)36(31(37)23-35)12-10-25-8-9-28(33)21-29(25)32;1-33-13-10-20(11-14-33)32-23-6-3-7-25-22(23)16-21(34(25)18-27(28,29)30)5-4-12-31-24-9-8-19(17-35)15-26(24)36-2;2-1-3/h2-9,20-21,30,34H,10-19,22-23H2,1H3;3,6-9,15-17,20,31-32H,10-14,18H2,1-2H3;1H,(H,2,3). The smallest absolute Gasteiger partial charge is 0.406 e. The molecule has 0 spiro atoms. The van der Waals surface area contributed by atoms with E-state index in [2.05, 4.69) is 97.0 Å². The van der Waals surface area contributed by atoms with E-state index in [1.807, 2.05) is 42.3 Å². The van der Waals surface area contributed by atoms with Gasteiger partial charge < -0.3 is 54.4 Å². The number of rotatable bonds is 23. The molecule has 6 aromatic rings. The van der Waals surface area contributed by atoms with Crippen molar-refractivity contribution >= 4 is 79.2 Å². The number of nitrogens with zero attached hydrogens (tertiary/aromatic N) is 4. The second kappa shape index (κ2) is 32.1. The average molecular weight is 1180 g/mol. The Kier molecular flexibility index (Phi) is 25.2. The third-order valence-corrected chi connectivity index (χ3v) is 14.4. The Bertz CT molecular complexity index is 2970. The summed E-state index contributed by atoms with van der Waals surface area (Å²) >= 11 is 9.76. The van der Waals surface area contributed by atoms with Crippen molar-refractivity contribution < 1.29 is 51.6 Å². The van der Waals surface area contributed by atoms with E-state index in [-0.39, 0.29) is 31.0 Å². The summed E-state index contributed by atoms with van der Waals surface area (Å²) in [6.45, 7) is 7.52. The van der Waals surface area contributed by atoms with Crippen LogP contribution in [0.3, 0.4) is 0 Å². The SMILES string of the molecule is CNCCOCCOCCOCCN1CC(=O)N(CCc2ccc(Cl)cc2Br)C(c2ccc3ccccc3c2)C1.COc1cc(C=O)ccc1NCC#Cc1cc2c(NC3CCN(C)CC3)cccc2n1CC(F)(F)F.O=CO. The number of piperidine rings is 1. The molecule has 0 saturated carbocycles. The van der Waals surface area contributed by atoms with Gasteiger partial charge in [0.2, 0.25) is 5.91 Å². The summed E-state index contributed by atoms with van der Waals surface area (Å²) in [5.74, 6) is 6.45. The number of nitrogens with one attached hydrogen (secondary N) is 3. The van der Waals surface area contributed by atoms with Crippen LogP contribution in [0.1, 0.15) is 46.1 Å². The molecule has 4 N–H and O–H groups in total. The first kappa shape index (κ1) is 62.0. The monoisotopic (exact) mass is 1180 g/mol. The van der Waals surface area contributed by atoms with E-state index in [9.17, 15) is 22.8 Å². The van der Waals surface area contributed by atoms with Crippen LogP contribution >= 0.6 is 27.5 Å². The Morgan fingerprint density at radius 1 is 0.848 bits per heavy atom. The summed E-state index contributed by atoms with van der Waals surface area (Å²) in [6, 6.07) is 33.0. The van der Waals surface area contributed by atoms with Gasteiger partial charge in [0, 0.05) is 58.4 Å². The molecule has 2 fully saturated rings. The summed E-state index contributed by atoms with van der Waals surface area (Å²) in [7, 11) is 5.48. The van der Waals surface area contributed by atoms with E-state index >= 15 is 0 Å². The summed E-state index contributed by atoms with van der Waals surface area (Å²) in [4.78, 5) is 39.3. The quantitative estimate of drug-likeness (QED) is 0.0273. The van der Waals surface area contributed by atoms with Gasteiger partial charge in [-0.2, -0.15) is 13.2 Å². The highest BCUT2D eigenvalue weighted by Crippen LogP contribution is 2.33. The lowest BCUT2D eigenvalue weighted by Gasteiger charge is -2.41. The number of benzene rings is 5. The zero-order valence-electron chi connectivity index (χ0n) is 44.8. The first-order chi connectivity index (χ1) is 38.2. The number of fused-ring (bicyclic) bond motifs is 2. The molecule has 20 heteroatoms. The predicted molar refractivity (Wildman–Crippen MR) is 309 cm³/mol. The highest BCUT2D eigenvalue weighted by Gasteiger charge is 2.34. The van der Waals surface area contributed by atoms with Gasteiger partial charge in [-0.15, -0.1) is 0 Å². The minimum absolute atomic E-state index is 0.0387. The maximum absolute atomic E-state index is 13.5. The van der Waals surface area contributed by atoms with Crippen molar-refractivity contribution in [1.82, 2.24) is 24.6 Å². The third kappa shape index (κ3) is 19.5. The molecule has 15 nitrogen and oxygen atoms in total. The van der Waals surface area contributed by atoms with Crippen molar-refractivity contribution in [3.05, 3.63) is 135 Å². The fourth-order valence-corrected chi connectivity index (χ4v) is 10.2. The Morgan fingerprint density at radius 3 is 2.27 bits per heavy atom. The third-order valence-electron chi connectivity index (χ3n) is 13.4. The fraction of sp³-hybridized carbons (Fsp3) is 0.407. The van der Waals surface area contributed by atoms with Crippen LogP contribution in [0.4, 0.5) is 24.5 Å². The lowest BCUT2D eigenvalue weighted by Crippen LogP contribution is -2.53. The molecule has 0 aliphatic carbocycles. The van der Waals surface area contributed by atoms with E-state index in [0.29, 0.717) is 92.5 Å². The number of halogens is 5. The van der Waals surface area contributed by atoms with Crippen LogP contribution in [-0.2, 0) is 36.8 Å². The Balaban J connectivity index is 0.000000244. The average Bonchev–Trinajstić information content (AvgIpc) is 4.01. The molecule has 1 atom stereocenters. The number of piperazine rings is 1. The van der Waals surface area contributed by atoms with Crippen molar-refractivity contribution in [1.29, 1.82) is 0 Å². The minimum atomic E-state index is -4.38. The molecule has 8 rings (SSSR count). The summed E-state index contributed by atoms with van der Waals surface area (Å²) in [5, 5.41) is 20.4. The Hall–Kier alpha value is -6.21. The molecule has 1 amide bonds. The van der Waals surface area contributed by atoms with Gasteiger partial charge in [-0.1, -0.05) is 82.0 Å². The minimum Gasteiger partial charge on any atom is -0.495 e. The Labute approximate surface area is 473 Å². The van der Waals surface area contributed by atoms with E-state index in [0.717, 1.165) is 78.4 Å². The van der Waals surface area contributed by atoms with Crippen molar-refractivity contribution in [2.24, 2.45) is 0 Å². The van der Waals surface area contributed by atoms with Crippen LogP contribution < -0.4 is 20.7 Å². The summed E-state index contributed by atoms with van der Waals surface area (Å²) < 4.78 is 64.7. The topological polar surface area (TPSA) is 159 Å². The zero-order chi connectivity index (χ0) is 56.6. The largest absolute Gasteiger partial charge is 0.495 e. The summed E-state index contributed by atoms with van der Waals surface area (Å²) in [5.41, 5.74) is 5.01. The van der Waals surface area contributed by atoms with E-state index in [1.54, 1.807) is 36.4 Å². The maximum Gasteiger partial charge on any atom is 0.406 e. The van der Waals surface area contributed by atoms with Gasteiger partial charge in [-0.05, 0) is 129 Å². The van der Waals surface area contributed by atoms with E-state index in [1.165, 1.54) is 22.4 Å². The summed E-state index contributed by atoms with van der Waals surface area (Å²) in [6.07, 6.45) is -0.956. The van der Waals surface area contributed by atoms with Crippen molar-refractivity contribution in [3.8, 4) is 17.6 Å². The molecule has 2 aliphatic heterocycles. The van der Waals surface area contributed by atoms with Crippen LogP contribution in [0, 0.1) is 11.8 Å². The van der Waals surface area contributed by atoms with Crippen LogP contribution in [0.15, 0.2) is 108 Å². The second-order valence-corrected chi connectivity index (χ2v) is 20.2. The number of aromatic nitrogens is 1. The van der Waals surface area contributed by atoms with Gasteiger partial charge in [0.25, 0.3) is 6.47 Å². The molecule has 1 unspecified atom stereocenters. The number of aldehydes is 1. The van der Waals surface area contributed by atoms with Gasteiger partial charge in [-0.25, -0.2) is 0 Å². The van der Waals surface area contributed by atoms with E-state index in [4.69, 9.17) is 40.4 Å². The lowest BCUT2D eigenvalue weighted by atomic mass is 9.98. The molecule has 2 saturated heterocycles. The number of ether oxygens (including phenoxy) is 4. The molecular formula is C59H70BrClF3N7O8. The zero-order valence-corrected chi connectivity index (χ0v) is 47.2. The lowest BCUT2D eigenvalue weighted by molar-refractivity contribution is -0.141. The van der Waals surface area contributed by atoms with Gasteiger partial charge in [0.1, 0.15) is 18.6 Å². The number of amides is 1. The molecule has 0 radical (unpaired) electrons. The second-order valence-electron chi connectivity index (χ2n) is 18.9. The number of hydrogen-bond donors (Lipinski definition) is 4. The molecule has 0 bridgehead atoms. The maximum atomic E-state index is 13.5. The molecule has 1 aromatic heterocycles. The van der Waals surface area contributed by atoms with Crippen LogP contribution in [0.5, 0.6) is 5.75 Å². The number of methoxy groups -OCH3 is 1. The van der Waals surface area contributed by atoms with Crippen LogP contribution in [-0.4, -0.2) is 168 Å². The molecule has 3 heterocycles. The molecule has 424 valence electrons. The number of carboxylic acid groups (broad SMARTS) is 1. The molecule has 79 heavy (non-hydrogen) atoms. The molecule has 2 aliphatic rings. The fourth-order valence-electron chi connectivity index (χ4n) is 9.33. The first-order valence-corrected chi connectivity index (χ1v) is 27.3. The van der Waals surface area contributed by atoms with Crippen LogP contribution in [0.2, 0.25) is 5.02 Å². The number of carbonyl (C=O) groups excluding carboxylic acids is 2. The number of carbonyl (C=O) groups is 3. The number of alkyl halides is 3. The predicted octanol–water partition coefficient (Wildman–Crippen LogP) is 9.65. The molecule has 5 aromatic carbocycles. The van der Waals surface area contributed by atoms with Gasteiger partial charge in [0.15, 0.2) is 0 Å². The Morgan fingerprint density at radius 2 is 1.57 bits per heavy atom. The number of anilines is 2.